The van der Waals surface area contributed by atoms with Crippen LogP contribution in [0.15, 0.2) is 34.7 Å². The Morgan fingerprint density at radius 3 is 3.00 bits per heavy atom. The quantitative estimate of drug-likeness (QED) is 0.548. The summed E-state index contributed by atoms with van der Waals surface area (Å²) in [7, 11) is 0. The lowest BCUT2D eigenvalue weighted by Crippen LogP contribution is -2.00. The van der Waals surface area contributed by atoms with Gasteiger partial charge in [-0.1, -0.05) is 5.57 Å². The molecule has 1 heterocycles. The summed E-state index contributed by atoms with van der Waals surface area (Å²) >= 11 is 0. The smallest absolute Gasteiger partial charge is 0.330 e. The number of carbonyl (C=O) groups excluding carboxylic acids is 1. The molecule has 3 heteroatoms. The number of hydrogen-bond acceptors (Lipinski definition) is 3. The van der Waals surface area contributed by atoms with Crippen molar-refractivity contribution in [2.24, 2.45) is 0 Å². The number of rotatable bonds is 6. The van der Waals surface area contributed by atoms with Gasteiger partial charge in [-0.2, -0.15) is 0 Å². The summed E-state index contributed by atoms with van der Waals surface area (Å²) in [6.45, 7) is 4.18. The van der Waals surface area contributed by atoms with E-state index in [9.17, 15) is 4.79 Å². The van der Waals surface area contributed by atoms with Crippen molar-refractivity contribution in [2.45, 2.75) is 33.1 Å². The molecule has 88 valence electrons. The third-order valence-electron chi connectivity index (χ3n) is 2.27. The van der Waals surface area contributed by atoms with Crippen LogP contribution in [0.1, 0.15) is 32.3 Å². The fourth-order valence-electron chi connectivity index (χ4n) is 1.46. The predicted molar refractivity (Wildman–Crippen MR) is 62.0 cm³/mol. The highest BCUT2D eigenvalue weighted by Gasteiger charge is 1.99. The SMILES string of the molecule is CCOC(=O)C=C(C)CCCc1ccoc1. The molecule has 0 unspecified atom stereocenters. The molecule has 1 aromatic rings. The maximum atomic E-state index is 11.1. The molecule has 0 aliphatic carbocycles. The van der Waals surface area contributed by atoms with Gasteiger partial charge in [0.2, 0.25) is 0 Å². The third-order valence-corrected chi connectivity index (χ3v) is 2.27. The Kier molecular flexibility index (Phi) is 5.40. The molecule has 0 fully saturated rings. The Morgan fingerprint density at radius 1 is 1.56 bits per heavy atom. The van der Waals surface area contributed by atoms with Gasteiger partial charge in [0, 0.05) is 6.08 Å². The van der Waals surface area contributed by atoms with Gasteiger partial charge < -0.3 is 9.15 Å². The summed E-state index contributed by atoms with van der Waals surface area (Å²) in [6.07, 6.45) is 7.90. The molecule has 16 heavy (non-hydrogen) atoms. The van der Waals surface area contributed by atoms with Gasteiger partial charge in [-0.15, -0.1) is 0 Å². The molecule has 0 N–H and O–H groups in total. The van der Waals surface area contributed by atoms with Gasteiger partial charge in [0.1, 0.15) is 0 Å². The van der Waals surface area contributed by atoms with Crippen LogP contribution in [0.4, 0.5) is 0 Å². The van der Waals surface area contributed by atoms with Crippen LogP contribution >= 0.6 is 0 Å². The largest absolute Gasteiger partial charge is 0.472 e. The van der Waals surface area contributed by atoms with E-state index in [0.717, 1.165) is 24.8 Å². The molecular weight excluding hydrogens is 204 g/mol. The molecule has 0 saturated heterocycles. The predicted octanol–water partition coefficient (Wildman–Crippen LogP) is 3.11. The monoisotopic (exact) mass is 222 g/mol. The summed E-state index contributed by atoms with van der Waals surface area (Å²) in [5.74, 6) is -0.247. The highest BCUT2D eigenvalue weighted by molar-refractivity contribution is 5.82. The fourth-order valence-corrected chi connectivity index (χ4v) is 1.46. The zero-order valence-corrected chi connectivity index (χ0v) is 9.86. The zero-order valence-electron chi connectivity index (χ0n) is 9.86. The van der Waals surface area contributed by atoms with Gasteiger partial charge in [-0.3, -0.25) is 0 Å². The molecule has 0 atom stereocenters. The van der Waals surface area contributed by atoms with E-state index >= 15 is 0 Å². The van der Waals surface area contributed by atoms with Crippen LogP contribution in [0.25, 0.3) is 0 Å². The van der Waals surface area contributed by atoms with Gasteiger partial charge in [0.05, 0.1) is 19.1 Å². The topological polar surface area (TPSA) is 39.4 Å². The minimum absolute atomic E-state index is 0.247. The summed E-state index contributed by atoms with van der Waals surface area (Å²) in [4.78, 5) is 11.1. The number of carbonyl (C=O) groups is 1. The second-order valence-electron chi connectivity index (χ2n) is 3.73. The van der Waals surface area contributed by atoms with E-state index in [2.05, 4.69) is 0 Å². The second kappa shape index (κ2) is 6.88. The number of hydrogen-bond donors (Lipinski definition) is 0. The Bertz CT molecular complexity index is 336. The van der Waals surface area contributed by atoms with Crippen LogP contribution in [0.3, 0.4) is 0 Å². The van der Waals surface area contributed by atoms with Crippen LogP contribution in [0.5, 0.6) is 0 Å². The summed E-state index contributed by atoms with van der Waals surface area (Å²) < 4.78 is 9.81. The van der Waals surface area contributed by atoms with Crippen molar-refractivity contribution in [1.29, 1.82) is 0 Å². The van der Waals surface area contributed by atoms with E-state index in [1.54, 1.807) is 25.5 Å². The molecule has 0 aliphatic rings. The lowest BCUT2D eigenvalue weighted by atomic mass is 10.1. The normalized spacial score (nSPS) is 11.5. The molecule has 0 saturated carbocycles. The highest BCUT2D eigenvalue weighted by Crippen LogP contribution is 2.10. The number of aryl methyl sites for hydroxylation is 1. The maximum Gasteiger partial charge on any atom is 0.330 e. The molecular formula is C13H18O3. The first-order chi connectivity index (χ1) is 7.72. The molecule has 0 spiro atoms. The van der Waals surface area contributed by atoms with Crippen molar-refractivity contribution >= 4 is 5.97 Å². The average molecular weight is 222 g/mol. The maximum absolute atomic E-state index is 11.1. The van der Waals surface area contributed by atoms with Crippen molar-refractivity contribution in [3.8, 4) is 0 Å². The van der Waals surface area contributed by atoms with E-state index in [1.807, 2.05) is 13.0 Å². The third kappa shape index (κ3) is 4.82. The van der Waals surface area contributed by atoms with Gasteiger partial charge in [0.25, 0.3) is 0 Å². The zero-order chi connectivity index (χ0) is 11.8. The second-order valence-corrected chi connectivity index (χ2v) is 3.73. The van der Waals surface area contributed by atoms with Crippen LogP contribution in [0.2, 0.25) is 0 Å². The number of ether oxygens (including phenoxy) is 1. The lowest BCUT2D eigenvalue weighted by molar-refractivity contribution is -0.137. The Balaban J connectivity index is 2.24. The van der Waals surface area contributed by atoms with Crippen molar-refractivity contribution in [3.05, 3.63) is 35.8 Å². The minimum atomic E-state index is -0.247. The molecule has 0 bridgehead atoms. The van der Waals surface area contributed by atoms with Crippen molar-refractivity contribution < 1.29 is 13.9 Å². The van der Waals surface area contributed by atoms with Crippen LogP contribution in [0, 0.1) is 0 Å². The number of furan rings is 1. The van der Waals surface area contributed by atoms with E-state index in [4.69, 9.17) is 9.15 Å². The van der Waals surface area contributed by atoms with Crippen molar-refractivity contribution in [3.63, 3.8) is 0 Å². The van der Waals surface area contributed by atoms with Gasteiger partial charge in [0.15, 0.2) is 0 Å². The Hall–Kier alpha value is -1.51. The summed E-state index contributed by atoms with van der Waals surface area (Å²) in [6, 6.07) is 1.96. The molecule has 0 radical (unpaired) electrons. The van der Waals surface area contributed by atoms with Crippen LogP contribution < -0.4 is 0 Å². The van der Waals surface area contributed by atoms with E-state index in [-0.39, 0.29) is 5.97 Å². The first-order valence-electron chi connectivity index (χ1n) is 5.57. The first-order valence-corrected chi connectivity index (χ1v) is 5.57. The van der Waals surface area contributed by atoms with Crippen LogP contribution in [-0.2, 0) is 16.0 Å². The highest BCUT2D eigenvalue weighted by atomic mass is 16.5. The fraction of sp³-hybridized carbons (Fsp3) is 0.462. The number of allylic oxidation sites excluding steroid dienone is 1. The number of esters is 1. The van der Waals surface area contributed by atoms with E-state index < -0.39 is 0 Å². The average Bonchev–Trinajstić information content (AvgIpc) is 2.70. The minimum Gasteiger partial charge on any atom is -0.472 e. The van der Waals surface area contributed by atoms with E-state index in [0.29, 0.717) is 6.61 Å². The molecule has 1 aromatic heterocycles. The van der Waals surface area contributed by atoms with Gasteiger partial charge >= 0.3 is 5.97 Å². The van der Waals surface area contributed by atoms with Gasteiger partial charge in [-0.05, 0) is 44.7 Å². The summed E-state index contributed by atoms with van der Waals surface area (Å²) in [5.41, 5.74) is 2.26. The first kappa shape index (κ1) is 12.6. The standard InChI is InChI=1S/C13H18O3/c1-3-16-13(14)9-11(2)5-4-6-12-7-8-15-10-12/h7-10H,3-6H2,1-2H3. The van der Waals surface area contributed by atoms with Crippen molar-refractivity contribution in [2.75, 3.05) is 6.61 Å². The van der Waals surface area contributed by atoms with Gasteiger partial charge in [-0.25, -0.2) is 4.79 Å². The summed E-state index contributed by atoms with van der Waals surface area (Å²) in [5, 5.41) is 0. The molecule has 0 amide bonds. The van der Waals surface area contributed by atoms with E-state index in [1.165, 1.54) is 5.56 Å². The van der Waals surface area contributed by atoms with Crippen molar-refractivity contribution in [1.82, 2.24) is 0 Å². The molecule has 0 aromatic carbocycles. The van der Waals surface area contributed by atoms with Crippen LogP contribution in [-0.4, -0.2) is 12.6 Å². The molecule has 1 rings (SSSR count). The Labute approximate surface area is 96.1 Å². The molecule has 0 aliphatic heterocycles. The lowest BCUT2D eigenvalue weighted by Gasteiger charge is -2.01. The molecule has 3 nitrogen and oxygen atoms in total. The Morgan fingerprint density at radius 2 is 2.38 bits per heavy atom.